The largest absolute Gasteiger partial charge is 0.390 e. The van der Waals surface area contributed by atoms with Gasteiger partial charge in [-0.25, -0.2) is 0 Å². The zero-order chi connectivity index (χ0) is 9.30. The van der Waals surface area contributed by atoms with E-state index >= 15 is 0 Å². The number of ether oxygens (including phenoxy) is 1. The van der Waals surface area contributed by atoms with Crippen LogP contribution in [0.2, 0.25) is 0 Å². The molecule has 0 aliphatic carbocycles. The van der Waals surface area contributed by atoms with Crippen molar-refractivity contribution in [3.05, 3.63) is 0 Å². The lowest BCUT2D eigenvalue weighted by Gasteiger charge is -2.39. The van der Waals surface area contributed by atoms with E-state index in [9.17, 15) is 10.2 Å². The topological polar surface area (TPSA) is 49.7 Å². The Balaban J connectivity index is 2.63. The average Bonchev–Trinajstić information content (AvgIpc) is 2.08. The minimum atomic E-state index is -0.846. The van der Waals surface area contributed by atoms with E-state index in [-0.39, 0.29) is 11.4 Å². The zero-order valence-corrected chi connectivity index (χ0v) is 8.58. The Kier molecular flexibility index (Phi) is 3.73. The van der Waals surface area contributed by atoms with Crippen LogP contribution in [-0.2, 0) is 4.74 Å². The maximum absolute atomic E-state index is 9.51. The van der Waals surface area contributed by atoms with Crippen LogP contribution >= 0.6 is 25.3 Å². The summed E-state index contributed by atoms with van der Waals surface area (Å²) in [5, 5.41) is 19.0. The van der Waals surface area contributed by atoms with Crippen LogP contribution in [0.4, 0.5) is 0 Å². The highest BCUT2D eigenvalue weighted by Crippen LogP contribution is 2.28. The molecular weight excluding hydrogens is 196 g/mol. The number of hydrogen-bond donors (Lipinski definition) is 4. The van der Waals surface area contributed by atoms with E-state index in [1.54, 1.807) is 6.92 Å². The van der Waals surface area contributed by atoms with E-state index in [0.717, 1.165) is 0 Å². The molecule has 1 rings (SSSR count). The Bertz CT molecular complexity index is 151. The molecule has 1 fully saturated rings. The molecule has 0 radical (unpaired) electrons. The number of thiol groups is 2. The van der Waals surface area contributed by atoms with Crippen molar-refractivity contribution in [2.45, 2.75) is 30.7 Å². The average molecular weight is 210 g/mol. The van der Waals surface area contributed by atoms with Crippen molar-refractivity contribution in [2.75, 3.05) is 5.75 Å². The minimum Gasteiger partial charge on any atom is -0.390 e. The maximum atomic E-state index is 9.51. The van der Waals surface area contributed by atoms with Gasteiger partial charge in [-0.15, -0.1) is 12.6 Å². The van der Waals surface area contributed by atoms with Gasteiger partial charge in [0, 0.05) is 11.7 Å². The van der Waals surface area contributed by atoms with Gasteiger partial charge in [0.15, 0.2) is 0 Å². The van der Waals surface area contributed by atoms with Gasteiger partial charge in [-0.2, -0.15) is 12.6 Å². The Hall–Kier alpha value is 0.580. The summed E-state index contributed by atoms with van der Waals surface area (Å²) in [6, 6.07) is 0. The molecule has 1 saturated heterocycles. The van der Waals surface area contributed by atoms with Crippen molar-refractivity contribution in [1.29, 1.82) is 0 Å². The Morgan fingerprint density at radius 2 is 1.92 bits per heavy atom. The molecule has 5 atom stereocenters. The molecule has 3 nitrogen and oxygen atoms in total. The third-order valence-electron chi connectivity index (χ3n) is 2.21. The van der Waals surface area contributed by atoms with Crippen LogP contribution in [-0.4, -0.2) is 39.7 Å². The summed E-state index contributed by atoms with van der Waals surface area (Å²) in [6.45, 7) is 1.79. The second kappa shape index (κ2) is 4.19. The SMILES string of the molecule is CC1C(S)OC(CS)C(O)C1O. The molecule has 5 heteroatoms. The second-order valence-electron chi connectivity index (χ2n) is 3.09. The molecule has 0 aromatic heterocycles. The van der Waals surface area contributed by atoms with Crippen LogP contribution in [0.15, 0.2) is 0 Å². The molecular formula is C7H14O3S2. The Morgan fingerprint density at radius 3 is 2.42 bits per heavy atom. The zero-order valence-electron chi connectivity index (χ0n) is 6.79. The predicted molar refractivity (Wildman–Crippen MR) is 52.7 cm³/mol. The minimum absolute atomic E-state index is 0.153. The summed E-state index contributed by atoms with van der Waals surface area (Å²) in [4.78, 5) is 0. The van der Waals surface area contributed by atoms with Crippen LogP contribution < -0.4 is 0 Å². The molecule has 0 aromatic rings. The van der Waals surface area contributed by atoms with Gasteiger partial charge in [-0.1, -0.05) is 6.92 Å². The van der Waals surface area contributed by atoms with E-state index in [0.29, 0.717) is 5.75 Å². The first-order valence-corrected chi connectivity index (χ1v) is 5.03. The molecule has 0 aromatic carbocycles. The third-order valence-corrected chi connectivity index (χ3v) is 3.17. The Morgan fingerprint density at radius 1 is 1.33 bits per heavy atom. The molecule has 1 aliphatic rings. The first kappa shape index (κ1) is 10.7. The summed E-state index contributed by atoms with van der Waals surface area (Å²) < 4.78 is 5.31. The van der Waals surface area contributed by atoms with Gasteiger partial charge in [0.05, 0.1) is 12.2 Å². The van der Waals surface area contributed by atoms with Gasteiger partial charge in [0.25, 0.3) is 0 Å². The van der Waals surface area contributed by atoms with E-state index in [1.807, 2.05) is 0 Å². The van der Waals surface area contributed by atoms with Crippen molar-refractivity contribution >= 4 is 25.3 Å². The first-order valence-electron chi connectivity index (χ1n) is 3.88. The van der Waals surface area contributed by atoms with Crippen LogP contribution in [0, 0.1) is 5.92 Å². The molecule has 12 heavy (non-hydrogen) atoms. The smallest absolute Gasteiger partial charge is 0.107 e. The molecule has 0 spiro atoms. The van der Waals surface area contributed by atoms with E-state index < -0.39 is 18.3 Å². The lowest BCUT2D eigenvalue weighted by Crippen LogP contribution is -2.52. The fraction of sp³-hybridized carbons (Fsp3) is 1.00. The van der Waals surface area contributed by atoms with Gasteiger partial charge in [-0.05, 0) is 0 Å². The summed E-state index contributed by atoms with van der Waals surface area (Å²) in [5.74, 6) is 0.238. The molecule has 2 N–H and O–H groups in total. The van der Waals surface area contributed by atoms with Gasteiger partial charge < -0.3 is 14.9 Å². The molecule has 0 bridgehead atoms. The summed E-state index contributed by atoms with van der Waals surface area (Å²) in [5.41, 5.74) is -0.319. The first-order chi connectivity index (χ1) is 5.57. The van der Waals surface area contributed by atoms with Gasteiger partial charge in [0.2, 0.25) is 0 Å². The monoisotopic (exact) mass is 210 g/mol. The van der Waals surface area contributed by atoms with Crippen molar-refractivity contribution in [3.8, 4) is 0 Å². The highest BCUT2D eigenvalue weighted by atomic mass is 32.1. The van der Waals surface area contributed by atoms with Crippen molar-refractivity contribution in [3.63, 3.8) is 0 Å². The fourth-order valence-electron chi connectivity index (χ4n) is 1.23. The Labute approximate surface area is 82.9 Å². The molecule has 0 amide bonds. The predicted octanol–water partition coefficient (Wildman–Crippen LogP) is -0.0712. The number of aliphatic hydroxyl groups is 2. The normalized spacial score (nSPS) is 49.2. The maximum Gasteiger partial charge on any atom is 0.107 e. The lowest BCUT2D eigenvalue weighted by molar-refractivity contribution is -0.162. The van der Waals surface area contributed by atoms with Crippen molar-refractivity contribution < 1.29 is 14.9 Å². The van der Waals surface area contributed by atoms with Crippen molar-refractivity contribution in [2.24, 2.45) is 5.92 Å². The van der Waals surface area contributed by atoms with Crippen LogP contribution in [0.25, 0.3) is 0 Å². The summed E-state index contributed by atoms with van der Waals surface area (Å²) >= 11 is 8.15. The fourth-order valence-corrected chi connectivity index (χ4v) is 1.87. The second-order valence-corrected chi connectivity index (χ2v) is 3.96. The van der Waals surface area contributed by atoms with E-state index in [4.69, 9.17) is 4.74 Å². The van der Waals surface area contributed by atoms with Crippen molar-refractivity contribution in [1.82, 2.24) is 0 Å². The van der Waals surface area contributed by atoms with Gasteiger partial charge in [0.1, 0.15) is 11.5 Å². The third kappa shape index (κ3) is 1.90. The van der Waals surface area contributed by atoms with Crippen LogP contribution in [0.5, 0.6) is 0 Å². The molecule has 72 valence electrons. The molecule has 1 aliphatic heterocycles. The highest BCUT2D eigenvalue weighted by Gasteiger charge is 2.39. The molecule has 5 unspecified atom stereocenters. The standard InChI is InChI=1S/C7H14O3S2/c1-3-5(8)6(9)4(2-11)10-7(3)12/h3-9,11-12H,2H2,1H3. The summed E-state index contributed by atoms with van der Waals surface area (Å²) in [6.07, 6.45) is -2.03. The number of rotatable bonds is 1. The molecule has 1 heterocycles. The summed E-state index contributed by atoms with van der Waals surface area (Å²) in [7, 11) is 0. The van der Waals surface area contributed by atoms with E-state index in [1.165, 1.54) is 0 Å². The highest BCUT2D eigenvalue weighted by molar-refractivity contribution is 7.80. The number of aliphatic hydroxyl groups excluding tert-OH is 2. The molecule has 0 saturated carbocycles. The van der Waals surface area contributed by atoms with Gasteiger partial charge in [-0.3, -0.25) is 0 Å². The lowest BCUT2D eigenvalue weighted by atomic mass is 9.94. The van der Waals surface area contributed by atoms with E-state index in [2.05, 4.69) is 25.3 Å². The van der Waals surface area contributed by atoms with Gasteiger partial charge >= 0.3 is 0 Å². The van der Waals surface area contributed by atoms with Crippen LogP contribution in [0.1, 0.15) is 6.92 Å². The number of hydrogen-bond acceptors (Lipinski definition) is 5. The van der Waals surface area contributed by atoms with Crippen LogP contribution in [0.3, 0.4) is 0 Å². The quantitative estimate of drug-likeness (QED) is 0.458.